The zero-order chi connectivity index (χ0) is 10.8. The van der Waals surface area contributed by atoms with Crippen LogP contribution in [0.5, 0.6) is 0 Å². The normalized spacial score (nSPS) is 10.5. The molecule has 0 aliphatic rings. The zero-order valence-corrected chi connectivity index (χ0v) is 8.97. The van der Waals surface area contributed by atoms with Crippen molar-refractivity contribution in [2.45, 2.75) is 6.54 Å². The summed E-state index contributed by atoms with van der Waals surface area (Å²) in [5.41, 5.74) is 1.54. The molecule has 5 nitrogen and oxygen atoms in total. The summed E-state index contributed by atoms with van der Waals surface area (Å²) in [5, 5.41) is 2.55. The summed E-state index contributed by atoms with van der Waals surface area (Å²) >= 11 is 5.11. The highest BCUT2D eigenvalue weighted by Gasteiger charge is 2.07. The van der Waals surface area contributed by atoms with Gasteiger partial charge in [-0.3, -0.25) is 9.36 Å². The van der Waals surface area contributed by atoms with Crippen molar-refractivity contribution in [2.24, 2.45) is 0 Å². The van der Waals surface area contributed by atoms with Crippen LogP contribution in [0.3, 0.4) is 0 Å². The summed E-state index contributed by atoms with van der Waals surface area (Å²) in [7, 11) is 1.59. The lowest BCUT2D eigenvalue weighted by Gasteiger charge is -2.01. The molecule has 0 spiro atoms. The molecule has 78 valence electrons. The third-order valence-electron chi connectivity index (χ3n) is 2.11. The van der Waals surface area contributed by atoms with Gasteiger partial charge in [0.25, 0.3) is 0 Å². The van der Waals surface area contributed by atoms with Gasteiger partial charge in [0.15, 0.2) is 10.4 Å². The van der Waals surface area contributed by atoms with Crippen LogP contribution < -0.4 is 5.32 Å². The highest BCUT2D eigenvalue weighted by atomic mass is 32.1. The monoisotopic (exact) mass is 222 g/mol. The smallest absolute Gasteiger partial charge is 0.239 e. The maximum absolute atomic E-state index is 11.3. The number of aromatic nitrogens is 3. The molecule has 2 N–H and O–H groups in total. The fourth-order valence-corrected chi connectivity index (χ4v) is 1.62. The number of carbonyl (C=O) groups is 1. The Labute approximate surface area is 91.1 Å². The standard InChI is InChI=1S/C9H10N4OS/c1-10-7(14)5-13-8-6(12-9(13)15)3-2-4-11-8/h2-4H,5H2,1H3,(H,10,14)(H,12,15). The second kappa shape index (κ2) is 3.82. The third-order valence-corrected chi connectivity index (χ3v) is 2.43. The van der Waals surface area contributed by atoms with Crippen molar-refractivity contribution in [2.75, 3.05) is 7.05 Å². The number of imidazole rings is 1. The number of nitrogens with zero attached hydrogens (tertiary/aromatic N) is 2. The number of fused-ring (bicyclic) bond motifs is 1. The lowest BCUT2D eigenvalue weighted by atomic mass is 10.4. The van der Waals surface area contributed by atoms with Crippen molar-refractivity contribution >= 4 is 29.3 Å². The van der Waals surface area contributed by atoms with Gasteiger partial charge in [0.2, 0.25) is 5.91 Å². The van der Waals surface area contributed by atoms with Gasteiger partial charge >= 0.3 is 0 Å². The predicted molar refractivity (Wildman–Crippen MR) is 59.0 cm³/mol. The number of hydrogen-bond acceptors (Lipinski definition) is 3. The number of nitrogens with one attached hydrogen (secondary N) is 2. The molecule has 0 saturated heterocycles. The Balaban J connectivity index is 2.54. The Bertz CT molecular complexity index is 556. The molecule has 1 amide bonds. The molecular weight excluding hydrogens is 212 g/mol. The number of aromatic amines is 1. The molecule has 0 saturated carbocycles. The molecule has 0 atom stereocenters. The summed E-state index contributed by atoms with van der Waals surface area (Å²) in [5.74, 6) is -0.0994. The van der Waals surface area contributed by atoms with E-state index in [2.05, 4.69) is 15.3 Å². The van der Waals surface area contributed by atoms with Crippen molar-refractivity contribution in [3.8, 4) is 0 Å². The van der Waals surface area contributed by atoms with E-state index >= 15 is 0 Å². The largest absolute Gasteiger partial charge is 0.358 e. The first-order valence-electron chi connectivity index (χ1n) is 4.46. The first kappa shape index (κ1) is 9.85. The minimum absolute atomic E-state index is 0.0994. The first-order chi connectivity index (χ1) is 7.22. The van der Waals surface area contributed by atoms with Gasteiger partial charge < -0.3 is 10.3 Å². The number of hydrogen-bond donors (Lipinski definition) is 2. The van der Waals surface area contributed by atoms with E-state index in [9.17, 15) is 4.79 Å². The molecule has 0 fully saturated rings. The Morgan fingerprint density at radius 3 is 3.27 bits per heavy atom. The molecule has 0 radical (unpaired) electrons. The zero-order valence-electron chi connectivity index (χ0n) is 8.15. The van der Waals surface area contributed by atoms with E-state index in [1.807, 2.05) is 12.1 Å². The lowest BCUT2D eigenvalue weighted by molar-refractivity contribution is -0.121. The first-order valence-corrected chi connectivity index (χ1v) is 4.87. The minimum atomic E-state index is -0.0994. The summed E-state index contributed by atoms with van der Waals surface area (Å²) in [6, 6.07) is 3.69. The maximum atomic E-state index is 11.3. The molecule has 2 aromatic rings. The Kier molecular flexibility index (Phi) is 2.51. The number of carbonyl (C=O) groups excluding carboxylic acids is 1. The van der Waals surface area contributed by atoms with Crippen molar-refractivity contribution in [3.05, 3.63) is 23.1 Å². The van der Waals surface area contributed by atoms with Crippen LogP contribution in [0.15, 0.2) is 18.3 Å². The van der Waals surface area contributed by atoms with E-state index in [-0.39, 0.29) is 12.5 Å². The Morgan fingerprint density at radius 2 is 2.53 bits per heavy atom. The van der Waals surface area contributed by atoms with Crippen molar-refractivity contribution < 1.29 is 4.79 Å². The molecule has 0 unspecified atom stereocenters. The van der Waals surface area contributed by atoms with Crippen molar-refractivity contribution in [1.29, 1.82) is 0 Å². The van der Waals surface area contributed by atoms with Crippen LogP contribution in [-0.4, -0.2) is 27.5 Å². The van der Waals surface area contributed by atoms with Gasteiger partial charge in [-0.05, 0) is 24.4 Å². The van der Waals surface area contributed by atoms with E-state index in [0.29, 0.717) is 10.4 Å². The molecule has 0 aliphatic heterocycles. The van der Waals surface area contributed by atoms with Gasteiger partial charge in [-0.1, -0.05) is 0 Å². The summed E-state index contributed by atoms with van der Waals surface area (Å²) in [6.07, 6.45) is 1.67. The number of pyridine rings is 1. The number of likely N-dealkylation sites (N-methyl/N-ethyl adjacent to an activating group) is 1. The Morgan fingerprint density at radius 1 is 1.73 bits per heavy atom. The number of amides is 1. The van der Waals surface area contributed by atoms with E-state index < -0.39 is 0 Å². The number of rotatable bonds is 2. The predicted octanol–water partition coefficient (Wildman–Crippen LogP) is 0.840. The SMILES string of the molecule is CNC(=O)Cn1c(=S)[nH]c2cccnc21. The highest BCUT2D eigenvalue weighted by molar-refractivity contribution is 7.71. The van der Waals surface area contributed by atoms with Gasteiger partial charge in [0.1, 0.15) is 6.54 Å². The van der Waals surface area contributed by atoms with Gasteiger partial charge in [-0.2, -0.15) is 0 Å². The van der Waals surface area contributed by atoms with E-state index in [1.54, 1.807) is 17.8 Å². The highest BCUT2D eigenvalue weighted by Crippen LogP contribution is 2.09. The summed E-state index contributed by atoms with van der Waals surface area (Å²) in [6.45, 7) is 0.187. The quantitative estimate of drug-likeness (QED) is 0.740. The second-order valence-corrected chi connectivity index (χ2v) is 3.45. The maximum Gasteiger partial charge on any atom is 0.239 e. The fraction of sp³-hybridized carbons (Fsp3) is 0.222. The van der Waals surface area contributed by atoms with Crippen LogP contribution in [0.4, 0.5) is 0 Å². The van der Waals surface area contributed by atoms with Gasteiger partial charge in [-0.15, -0.1) is 0 Å². The van der Waals surface area contributed by atoms with Crippen LogP contribution >= 0.6 is 12.2 Å². The fourth-order valence-electron chi connectivity index (χ4n) is 1.36. The van der Waals surface area contributed by atoms with Crippen LogP contribution in [0.2, 0.25) is 0 Å². The molecule has 0 aromatic carbocycles. The average Bonchev–Trinajstić information content (AvgIpc) is 2.55. The van der Waals surface area contributed by atoms with E-state index in [4.69, 9.17) is 12.2 Å². The van der Waals surface area contributed by atoms with Gasteiger partial charge in [-0.25, -0.2) is 4.98 Å². The molecule has 0 aliphatic carbocycles. The topological polar surface area (TPSA) is 62.7 Å². The van der Waals surface area contributed by atoms with Crippen LogP contribution in [-0.2, 0) is 11.3 Å². The molecule has 0 bridgehead atoms. The lowest BCUT2D eigenvalue weighted by Crippen LogP contribution is -2.23. The molecule has 2 rings (SSSR count). The second-order valence-electron chi connectivity index (χ2n) is 3.06. The number of H-pyrrole nitrogens is 1. The van der Waals surface area contributed by atoms with Crippen LogP contribution in [0.1, 0.15) is 0 Å². The van der Waals surface area contributed by atoms with E-state index in [0.717, 1.165) is 5.52 Å². The third kappa shape index (κ3) is 1.75. The molecule has 6 heteroatoms. The molecule has 2 aromatic heterocycles. The van der Waals surface area contributed by atoms with Gasteiger partial charge in [0.05, 0.1) is 5.52 Å². The Hall–Kier alpha value is -1.69. The minimum Gasteiger partial charge on any atom is -0.358 e. The van der Waals surface area contributed by atoms with Crippen molar-refractivity contribution in [3.63, 3.8) is 0 Å². The van der Waals surface area contributed by atoms with Gasteiger partial charge in [0, 0.05) is 13.2 Å². The molecule has 15 heavy (non-hydrogen) atoms. The van der Waals surface area contributed by atoms with Crippen LogP contribution in [0, 0.1) is 4.77 Å². The van der Waals surface area contributed by atoms with Crippen molar-refractivity contribution in [1.82, 2.24) is 19.9 Å². The average molecular weight is 222 g/mol. The molecular formula is C9H10N4OS. The van der Waals surface area contributed by atoms with Crippen LogP contribution in [0.25, 0.3) is 11.2 Å². The summed E-state index contributed by atoms with van der Waals surface area (Å²) < 4.78 is 2.18. The van der Waals surface area contributed by atoms with E-state index in [1.165, 1.54) is 0 Å². The molecule has 2 heterocycles. The summed E-state index contributed by atoms with van der Waals surface area (Å²) in [4.78, 5) is 18.4.